The van der Waals surface area contributed by atoms with E-state index in [4.69, 9.17) is 8.83 Å². The first-order valence-corrected chi connectivity index (χ1v) is 8.24. The van der Waals surface area contributed by atoms with E-state index in [1.165, 1.54) is 19.1 Å². The monoisotopic (exact) mass is 333 g/mol. The van der Waals surface area contributed by atoms with Gasteiger partial charge in [-0.15, -0.1) is 0 Å². The van der Waals surface area contributed by atoms with E-state index in [1.807, 2.05) is 12.1 Å². The molecule has 0 saturated carbocycles. The minimum atomic E-state index is -0.856. The average Bonchev–Trinajstić information content (AvgIpc) is 3.35. The van der Waals surface area contributed by atoms with Crippen molar-refractivity contribution in [2.45, 2.75) is 25.0 Å². The molecule has 1 saturated heterocycles. The number of urea groups is 1. The van der Waals surface area contributed by atoms with E-state index in [2.05, 4.69) is 15.5 Å². The van der Waals surface area contributed by atoms with Crippen molar-refractivity contribution in [1.29, 1.82) is 0 Å². The van der Waals surface area contributed by atoms with Crippen LogP contribution in [0.3, 0.4) is 0 Å². The largest absolute Gasteiger partial charge is 0.468 e. The Morgan fingerprint density at radius 3 is 2.33 bits per heavy atom. The van der Waals surface area contributed by atoms with Gasteiger partial charge < -0.3 is 24.6 Å². The van der Waals surface area contributed by atoms with Gasteiger partial charge >= 0.3 is 6.03 Å². The zero-order valence-electron chi connectivity index (χ0n) is 13.5. The quantitative estimate of drug-likeness (QED) is 0.721. The summed E-state index contributed by atoms with van der Waals surface area (Å²) in [4.78, 5) is 14.3. The Bertz CT molecular complexity index is 606. The van der Waals surface area contributed by atoms with Gasteiger partial charge in [0.25, 0.3) is 0 Å². The number of hydrogen-bond acceptors (Lipinski definition) is 5. The molecule has 0 radical (unpaired) electrons. The maximum atomic E-state index is 12.0. The molecule has 2 unspecified atom stereocenters. The van der Waals surface area contributed by atoms with Gasteiger partial charge in [-0.25, -0.2) is 4.79 Å². The number of nitrogens with zero attached hydrogens (tertiary/aromatic N) is 1. The lowest BCUT2D eigenvalue weighted by Crippen LogP contribution is -2.42. The summed E-state index contributed by atoms with van der Waals surface area (Å²) in [5, 5.41) is 15.4. The molecule has 3 N–H and O–H groups in total. The molecule has 2 aromatic rings. The molecular formula is C17H23N3O4. The maximum Gasteiger partial charge on any atom is 0.314 e. The second-order valence-electron chi connectivity index (χ2n) is 5.90. The number of amides is 2. The van der Waals surface area contributed by atoms with E-state index in [0.29, 0.717) is 12.3 Å². The van der Waals surface area contributed by atoms with E-state index in [9.17, 15) is 9.90 Å². The third-order valence-electron chi connectivity index (χ3n) is 4.24. The first-order valence-electron chi connectivity index (χ1n) is 8.24. The van der Waals surface area contributed by atoms with Crippen LogP contribution in [0.1, 0.15) is 36.5 Å². The van der Waals surface area contributed by atoms with Crippen molar-refractivity contribution in [2.75, 3.05) is 26.2 Å². The first kappa shape index (κ1) is 16.6. The van der Waals surface area contributed by atoms with Gasteiger partial charge in [0.2, 0.25) is 0 Å². The molecule has 1 aliphatic heterocycles. The maximum absolute atomic E-state index is 12.0. The van der Waals surface area contributed by atoms with Crippen molar-refractivity contribution in [3.63, 3.8) is 0 Å². The lowest BCUT2D eigenvalue weighted by molar-refractivity contribution is 0.147. The molecule has 3 heterocycles. The van der Waals surface area contributed by atoms with Crippen molar-refractivity contribution in [3.05, 3.63) is 48.3 Å². The normalized spacial score (nSPS) is 17.5. The third-order valence-corrected chi connectivity index (χ3v) is 4.24. The first-order chi connectivity index (χ1) is 11.7. The van der Waals surface area contributed by atoms with Gasteiger partial charge in [-0.05, 0) is 50.2 Å². The molecule has 2 atom stereocenters. The van der Waals surface area contributed by atoms with Crippen molar-refractivity contribution in [2.24, 2.45) is 0 Å². The van der Waals surface area contributed by atoms with Crippen LogP contribution in [0.2, 0.25) is 0 Å². The molecule has 0 aromatic carbocycles. The number of aliphatic hydroxyl groups is 1. The van der Waals surface area contributed by atoms with Gasteiger partial charge in [0.15, 0.2) is 0 Å². The van der Waals surface area contributed by atoms with Gasteiger partial charge in [0.05, 0.1) is 25.1 Å². The van der Waals surface area contributed by atoms with Crippen LogP contribution in [0, 0.1) is 0 Å². The fourth-order valence-corrected chi connectivity index (χ4v) is 2.97. The van der Waals surface area contributed by atoms with Crippen molar-refractivity contribution in [1.82, 2.24) is 15.5 Å². The summed E-state index contributed by atoms with van der Waals surface area (Å²) in [5.74, 6) is 1.29. The van der Waals surface area contributed by atoms with E-state index in [0.717, 1.165) is 18.8 Å². The second kappa shape index (κ2) is 8.03. The van der Waals surface area contributed by atoms with Crippen LogP contribution in [-0.4, -0.2) is 42.2 Å². The molecule has 130 valence electrons. The van der Waals surface area contributed by atoms with Crippen LogP contribution in [0.25, 0.3) is 0 Å². The van der Waals surface area contributed by atoms with Crippen LogP contribution in [0.15, 0.2) is 45.6 Å². The molecule has 2 amide bonds. The van der Waals surface area contributed by atoms with Gasteiger partial charge in [0, 0.05) is 6.54 Å². The van der Waals surface area contributed by atoms with Crippen molar-refractivity contribution in [3.8, 4) is 0 Å². The number of carbonyl (C=O) groups excluding carboxylic acids is 1. The molecule has 1 fully saturated rings. The fraction of sp³-hybridized carbons (Fsp3) is 0.471. The number of carbonyl (C=O) groups is 1. The standard InChI is InChI=1S/C17H23N3O4/c21-14(16-6-4-10-24-16)12-19-17(22)18-11-13(15-5-3-9-23-15)20-7-1-2-8-20/h3-6,9-10,13-14,21H,1-2,7-8,11-12H2,(H2,18,19,22). The van der Waals surface area contributed by atoms with Crippen LogP contribution in [0.5, 0.6) is 0 Å². The summed E-state index contributed by atoms with van der Waals surface area (Å²) in [6, 6.07) is 6.87. The topological polar surface area (TPSA) is 90.9 Å². The number of aliphatic hydroxyl groups excluding tert-OH is 1. The molecule has 2 aromatic heterocycles. The van der Waals surface area contributed by atoms with Crippen LogP contribution in [0.4, 0.5) is 4.79 Å². The number of rotatable bonds is 7. The molecule has 3 rings (SSSR count). The van der Waals surface area contributed by atoms with Crippen LogP contribution >= 0.6 is 0 Å². The smallest absolute Gasteiger partial charge is 0.314 e. The Morgan fingerprint density at radius 1 is 1.08 bits per heavy atom. The molecule has 0 aliphatic carbocycles. The molecule has 7 nitrogen and oxygen atoms in total. The molecule has 1 aliphatic rings. The summed E-state index contributed by atoms with van der Waals surface area (Å²) in [7, 11) is 0. The number of nitrogens with one attached hydrogen (secondary N) is 2. The second-order valence-corrected chi connectivity index (χ2v) is 5.90. The Morgan fingerprint density at radius 2 is 1.71 bits per heavy atom. The van der Waals surface area contributed by atoms with E-state index < -0.39 is 6.10 Å². The lowest BCUT2D eigenvalue weighted by Gasteiger charge is -2.26. The number of likely N-dealkylation sites (tertiary alicyclic amines) is 1. The summed E-state index contributed by atoms with van der Waals surface area (Å²) < 4.78 is 10.6. The highest BCUT2D eigenvalue weighted by Gasteiger charge is 2.26. The van der Waals surface area contributed by atoms with E-state index in [-0.39, 0.29) is 18.6 Å². The Balaban J connectivity index is 1.48. The van der Waals surface area contributed by atoms with E-state index in [1.54, 1.807) is 18.4 Å². The SMILES string of the molecule is O=C(NCC(O)c1ccco1)NCC(c1ccco1)N1CCCC1. The summed E-state index contributed by atoms with van der Waals surface area (Å²) in [6.45, 7) is 2.56. The molecule has 0 spiro atoms. The molecule has 7 heteroatoms. The summed E-state index contributed by atoms with van der Waals surface area (Å²) in [6.07, 6.45) is 4.61. The van der Waals surface area contributed by atoms with Crippen LogP contribution in [-0.2, 0) is 0 Å². The highest BCUT2D eigenvalue weighted by atomic mass is 16.4. The Labute approximate surface area is 140 Å². The zero-order chi connectivity index (χ0) is 16.8. The minimum absolute atomic E-state index is 0.0308. The molecule has 0 bridgehead atoms. The molecule has 24 heavy (non-hydrogen) atoms. The molecular weight excluding hydrogens is 310 g/mol. The average molecular weight is 333 g/mol. The minimum Gasteiger partial charge on any atom is -0.468 e. The van der Waals surface area contributed by atoms with Gasteiger partial charge in [0.1, 0.15) is 17.6 Å². The summed E-state index contributed by atoms with van der Waals surface area (Å²) >= 11 is 0. The summed E-state index contributed by atoms with van der Waals surface area (Å²) in [5.41, 5.74) is 0. The predicted molar refractivity (Wildman–Crippen MR) is 87.3 cm³/mol. The van der Waals surface area contributed by atoms with E-state index >= 15 is 0 Å². The predicted octanol–water partition coefficient (Wildman–Crippen LogP) is 2.04. The van der Waals surface area contributed by atoms with Crippen molar-refractivity contribution >= 4 is 6.03 Å². The number of furan rings is 2. The van der Waals surface area contributed by atoms with Crippen molar-refractivity contribution < 1.29 is 18.7 Å². The number of hydrogen-bond donors (Lipinski definition) is 3. The van der Waals surface area contributed by atoms with Gasteiger partial charge in [-0.2, -0.15) is 0 Å². The Hall–Kier alpha value is -2.25. The zero-order valence-corrected chi connectivity index (χ0v) is 13.5. The third kappa shape index (κ3) is 4.18. The fourth-order valence-electron chi connectivity index (χ4n) is 2.97. The van der Waals surface area contributed by atoms with Crippen LogP contribution < -0.4 is 10.6 Å². The van der Waals surface area contributed by atoms with Gasteiger partial charge in [-0.1, -0.05) is 0 Å². The Kier molecular flexibility index (Phi) is 5.55. The highest BCUT2D eigenvalue weighted by Crippen LogP contribution is 2.24. The highest BCUT2D eigenvalue weighted by molar-refractivity contribution is 5.73. The van der Waals surface area contributed by atoms with Gasteiger partial charge in [-0.3, -0.25) is 4.90 Å². The lowest BCUT2D eigenvalue weighted by atomic mass is 10.2.